The van der Waals surface area contributed by atoms with E-state index in [2.05, 4.69) is 5.32 Å². The summed E-state index contributed by atoms with van der Waals surface area (Å²) in [6.07, 6.45) is 0. The van der Waals surface area contributed by atoms with E-state index in [9.17, 15) is 14.7 Å². The van der Waals surface area contributed by atoms with Gasteiger partial charge in [0.15, 0.2) is 0 Å². The fraction of sp³-hybridized carbons (Fsp3) is 0.176. The number of hydrogen-bond donors (Lipinski definition) is 2. The third-order valence-electron chi connectivity index (χ3n) is 3.31. The molecule has 2 aromatic rings. The van der Waals surface area contributed by atoms with Crippen LogP contribution in [-0.4, -0.2) is 43.0 Å². The average molecular weight is 349 g/mol. The number of carbonyl (C=O) groups is 2. The predicted molar refractivity (Wildman–Crippen MR) is 92.1 cm³/mol. The van der Waals surface area contributed by atoms with Crippen molar-refractivity contribution in [3.05, 3.63) is 52.5 Å². The Morgan fingerprint density at radius 2 is 1.88 bits per heavy atom. The van der Waals surface area contributed by atoms with Crippen LogP contribution in [0, 0.1) is 0 Å². The molecule has 6 nitrogen and oxygen atoms in total. The Morgan fingerprint density at radius 3 is 2.46 bits per heavy atom. The zero-order valence-electron chi connectivity index (χ0n) is 13.5. The van der Waals surface area contributed by atoms with Gasteiger partial charge in [0.05, 0.1) is 18.4 Å². The Morgan fingerprint density at radius 1 is 1.17 bits per heavy atom. The molecule has 0 saturated heterocycles. The van der Waals surface area contributed by atoms with Gasteiger partial charge in [-0.3, -0.25) is 9.59 Å². The zero-order valence-corrected chi connectivity index (χ0v) is 14.2. The molecule has 0 unspecified atom stereocenters. The van der Waals surface area contributed by atoms with Gasteiger partial charge in [0.25, 0.3) is 11.8 Å². The molecule has 0 fully saturated rings. The van der Waals surface area contributed by atoms with Gasteiger partial charge in [-0.2, -0.15) is 0 Å². The van der Waals surface area contributed by atoms with E-state index in [0.29, 0.717) is 22.0 Å². The number of aromatic hydroxyl groups is 1. The lowest BCUT2D eigenvalue weighted by Crippen LogP contribution is -2.21. The van der Waals surface area contributed by atoms with Gasteiger partial charge >= 0.3 is 0 Å². The smallest absolute Gasteiger partial charge is 0.259 e. The molecule has 2 aromatic carbocycles. The summed E-state index contributed by atoms with van der Waals surface area (Å²) in [5.41, 5.74) is 0.895. The Kier molecular flexibility index (Phi) is 5.31. The Hall–Kier alpha value is -2.73. The number of nitrogens with one attached hydrogen (secondary N) is 1. The first-order valence-electron chi connectivity index (χ1n) is 7.03. The van der Waals surface area contributed by atoms with Gasteiger partial charge in [-0.25, -0.2) is 0 Å². The minimum absolute atomic E-state index is 0.0786. The van der Waals surface area contributed by atoms with E-state index in [-0.39, 0.29) is 17.2 Å². The normalized spacial score (nSPS) is 10.2. The first-order chi connectivity index (χ1) is 11.3. The number of nitrogens with zero attached hydrogens (tertiary/aromatic N) is 1. The number of ether oxygens (including phenoxy) is 1. The Balaban J connectivity index is 2.29. The third kappa shape index (κ3) is 3.78. The van der Waals surface area contributed by atoms with Gasteiger partial charge < -0.3 is 20.1 Å². The summed E-state index contributed by atoms with van der Waals surface area (Å²) < 4.78 is 5.23. The number of benzene rings is 2. The number of methoxy groups -OCH3 is 1. The molecule has 0 radical (unpaired) electrons. The summed E-state index contributed by atoms with van der Waals surface area (Å²) >= 11 is 5.75. The van der Waals surface area contributed by atoms with Crippen molar-refractivity contribution in [2.75, 3.05) is 26.5 Å². The van der Waals surface area contributed by atoms with Gasteiger partial charge in [-0.05, 0) is 36.4 Å². The summed E-state index contributed by atoms with van der Waals surface area (Å²) in [4.78, 5) is 25.7. The molecule has 2 N–H and O–H groups in total. The zero-order chi connectivity index (χ0) is 17.9. The van der Waals surface area contributed by atoms with Gasteiger partial charge in [0.2, 0.25) is 0 Å². The SMILES string of the molecule is COc1cc(C(=O)N(C)C)ccc1NC(=O)c1ccc(Cl)cc1O. The molecule has 0 atom stereocenters. The van der Waals surface area contributed by atoms with E-state index >= 15 is 0 Å². The van der Waals surface area contributed by atoms with Crippen molar-refractivity contribution in [1.82, 2.24) is 4.90 Å². The molecule has 2 amide bonds. The number of phenols is 1. The highest BCUT2D eigenvalue weighted by atomic mass is 35.5. The summed E-state index contributed by atoms with van der Waals surface area (Å²) in [7, 11) is 4.73. The van der Waals surface area contributed by atoms with Crippen LogP contribution in [0.2, 0.25) is 5.02 Å². The molecule has 0 aliphatic carbocycles. The minimum Gasteiger partial charge on any atom is -0.507 e. The van der Waals surface area contributed by atoms with Gasteiger partial charge in [-0.15, -0.1) is 0 Å². The van der Waals surface area contributed by atoms with Crippen LogP contribution in [-0.2, 0) is 0 Å². The number of halogens is 1. The average Bonchev–Trinajstić information content (AvgIpc) is 2.54. The fourth-order valence-electron chi connectivity index (χ4n) is 2.07. The summed E-state index contributed by atoms with van der Waals surface area (Å²) in [5, 5.41) is 12.8. The molecule has 0 saturated carbocycles. The van der Waals surface area contributed by atoms with Gasteiger partial charge in [0, 0.05) is 24.7 Å². The second kappa shape index (κ2) is 7.23. The van der Waals surface area contributed by atoms with E-state index in [4.69, 9.17) is 16.3 Å². The van der Waals surface area contributed by atoms with Crippen LogP contribution in [0.4, 0.5) is 5.69 Å². The molecule has 0 aromatic heterocycles. The summed E-state index contributed by atoms with van der Waals surface area (Å²) in [6, 6.07) is 8.91. The highest BCUT2D eigenvalue weighted by molar-refractivity contribution is 6.31. The predicted octanol–water partition coefficient (Wildman–Crippen LogP) is 3.01. The largest absolute Gasteiger partial charge is 0.507 e. The van der Waals surface area contributed by atoms with Crippen molar-refractivity contribution in [2.45, 2.75) is 0 Å². The number of amides is 2. The second-order valence-electron chi connectivity index (χ2n) is 5.23. The van der Waals surface area contributed by atoms with Crippen LogP contribution < -0.4 is 10.1 Å². The molecule has 2 rings (SSSR count). The highest BCUT2D eigenvalue weighted by Crippen LogP contribution is 2.28. The van der Waals surface area contributed by atoms with Gasteiger partial charge in [-0.1, -0.05) is 11.6 Å². The van der Waals surface area contributed by atoms with Crippen LogP contribution in [0.15, 0.2) is 36.4 Å². The van der Waals surface area contributed by atoms with Crippen LogP contribution in [0.1, 0.15) is 20.7 Å². The summed E-state index contributed by atoms with van der Waals surface area (Å²) in [6.45, 7) is 0. The van der Waals surface area contributed by atoms with Crippen molar-refractivity contribution in [3.63, 3.8) is 0 Å². The molecule has 0 aliphatic heterocycles. The van der Waals surface area contributed by atoms with E-state index in [1.807, 2.05) is 0 Å². The molecule has 0 bridgehead atoms. The quantitative estimate of drug-likeness (QED) is 0.890. The van der Waals surface area contributed by atoms with Crippen molar-refractivity contribution >= 4 is 29.1 Å². The van der Waals surface area contributed by atoms with E-state index < -0.39 is 5.91 Å². The van der Waals surface area contributed by atoms with E-state index in [1.54, 1.807) is 32.3 Å². The monoisotopic (exact) mass is 348 g/mol. The molecule has 0 spiro atoms. The van der Waals surface area contributed by atoms with Crippen LogP contribution in [0.5, 0.6) is 11.5 Å². The molecular formula is C17H17ClN2O4. The lowest BCUT2D eigenvalue weighted by molar-refractivity contribution is 0.0827. The van der Waals surface area contributed by atoms with Gasteiger partial charge in [0.1, 0.15) is 11.5 Å². The van der Waals surface area contributed by atoms with Crippen molar-refractivity contribution in [3.8, 4) is 11.5 Å². The Bertz CT molecular complexity index is 790. The third-order valence-corrected chi connectivity index (χ3v) is 3.54. The molecule has 126 valence electrons. The second-order valence-corrected chi connectivity index (χ2v) is 5.67. The number of rotatable bonds is 4. The fourth-order valence-corrected chi connectivity index (χ4v) is 2.24. The standard InChI is InChI=1S/C17H17ClN2O4/c1-20(2)17(23)10-4-7-13(15(8-10)24-3)19-16(22)12-6-5-11(18)9-14(12)21/h4-9,21H,1-3H3,(H,19,22). The van der Waals surface area contributed by atoms with Crippen LogP contribution in [0.25, 0.3) is 0 Å². The highest BCUT2D eigenvalue weighted by Gasteiger charge is 2.16. The van der Waals surface area contributed by atoms with Crippen LogP contribution >= 0.6 is 11.6 Å². The van der Waals surface area contributed by atoms with Crippen molar-refractivity contribution in [2.24, 2.45) is 0 Å². The number of anilines is 1. The van der Waals surface area contributed by atoms with E-state index in [1.165, 1.54) is 30.2 Å². The minimum atomic E-state index is -0.519. The first kappa shape index (κ1) is 17.6. The number of phenolic OH excluding ortho intramolecular Hbond substituents is 1. The lowest BCUT2D eigenvalue weighted by atomic mass is 10.1. The molecular weight excluding hydrogens is 332 g/mol. The summed E-state index contributed by atoms with van der Waals surface area (Å²) in [5.74, 6) is -0.585. The number of hydrogen-bond acceptors (Lipinski definition) is 4. The molecule has 0 aliphatic rings. The van der Waals surface area contributed by atoms with Crippen molar-refractivity contribution in [1.29, 1.82) is 0 Å². The van der Waals surface area contributed by atoms with E-state index in [0.717, 1.165) is 0 Å². The van der Waals surface area contributed by atoms with Crippen molar-refractivity contribution < 1.29 is 19.4 Å². The molecule has 0 heterocycles. The van der Waals surface area contributed by atoms with Crippen LogP contribution in [0.3, 0.4) is 0 Å². The molecule has 24 heavy (non-hydrogen) atoms. The topological polar surface area (TPSA) is 78.9 Å². The lowest BCUT2D eigenvalue weighted by Gasteiger charge is -2.14. The first-order valence-corrected chi connectivity index (χ1v) is 7.41. The maximum Gasteiger partial charge on any atom is 0.259 e. The molecule has 7 heteroatoms. The maximum absolute atomic E-state index is 12.3. The maximum atomic E-state index is 12.3. The Labute approximate surface area is 144 Å². The number of carbonyl (C=O) groups excluding carboxylic acids is 2.